The molecule has 0 aromatic heterocycles. The molecule has 8 aliphatic rings. The van der Waals surface area contributed by atoms with E-state index in [0.29, 0.717) is 31.3 Å². The highest BCUT2D eigenvalue weighted by atomic mass is 16.8. The Morgan fingerprint density at radius 3 is 2.07 bits per heavy atom. The van der Waals surface area contributed by atoms with Crippen LogP contribution in [0.3, 0.4) is 0 Å². The maximum atomic E-state index is 13.3. The molecule has 0 amide bonds. The van der Waals surface area contributed by atoms with Crippen molar-refractivity contribution >= 4 is 11.9 Å². The number of hydrogen-bond donors (Lipinski definition) is 10. The molecular formula is C54H86O20. The first-order valence-electron chi connectivity index (χ1n) is 26.8. The molecule has 74 heavy (non-hydrogen) atoms. The molecule has 0 aromatic rings. The van der Waals surface area contributed by atoms with E-state index in [2.05, 4.69) is 40.7 Å². The van der Waals surface area contributed by atoms with E-state index in [0.717, 1.165) is 18.4 Å². The summed E-state index contributed by atoms with van der Waals surface area (Å²) in [6, 6.07) is 0. The van der Waals surface area contributed by atoms with Crippen molar-refractivity contribution < 1.29 is 98.5 Å². The second-order valence-corrected chi connectivity index (χ2v) is 25.2. The third-order valence-electron chi connectivity index (χ3n) is 20.5. The molecule has 5 aliphatic carbocycles. The van der Waals surface area contributed by atoms with Crippen molar-refractivity contribution in [3.05, 3.63) is 23.3 Å². The number of allylic oxidation sites excluding steroid dienone is 3. The van der Waals surface area contributed by atoms with Gasteiger partial charge in [-0.2, -0.15) is 0 Å². The Bertz CT molecular complexity index is 2120. The predicted octanol–water partition coefficient (Wildman–Crippen LogP) is 1.28. The summed E-state index contributed by atoms with van der Waals surface area (Å²) in [5.74, 6) is -1.39. The quantitative estimate of drug-likeness (QED) is 0.0603. The number of aliphatic hydroxyl groups is 10. The summed E-state index contributed by atoms with van der Waals surface area (Å²) >= 11 is 0. The molecule has 20 heteroatoms. The van der Waals surface area contributed by atoms with E-state index < -0.39 is 163 Å². The second kappa shape index (κ2) is 20.8. The number of carbonyl (C=O) groups excluding carboxylic acids is 2. The highest BCUT2D eigenvalue weighted by molar-refractivity contribution is 5.87. The Balaban J connectivity index is 1.10. The number of esters is 2. The molecular weight excluding hydrogens is 969 g/mol. The smallest absolute Gasteiger partial charge is 0.333 e. The molecule has 0 radical (unpaired) electrons. The number of fused-ring (bicyclic) bond motifs is 7. The van der Waals surface area contributed by atoms with Crippen molar-refractivity contribution in [3.63, 3.8) is 0 Å². The first-order valence-corrected chi connectivity index (χ1v) is 26.8. The summed E-state index contributed by atoms with van der Waals surface area (Å²) in [6.07, 6.45) is -17.6. The lowest BCUT2D eigenvalue weighted by Crippen LogP contribution is -2.72. The Morgan fingerprint density at radius 1 is 0.757 bits per heavy atom. The maximum Gasteiger partial charge on any atom is 0.333 e. The number of hydrogen-bond acceptors (Lipinski definition) is 20. The first kappa shape index (κ1) is 57.9. The zero-order valence-electron chi connectivity index (χ0n) is 44.9. The summed E-state index contributed by atoms with van der Waals surface area (Å²) in [6.45, 7) is 19.9. The minimum absolute atomic E-state index is 0.0445. The summed E-state index contributed by atoms with van der Waals surface area (Å²) in [5, 5.41) is 112. The molecule has 25 atom stereocenters. The van der Waals surface area contributed by atoms with Crippen LogP contribution in [0.5, 0.6) is 0 Å². The Morgan fingerprint density at radius 2 is 1.42 bits per heavy atom. The van der Waals surface area contributed by atoms with Gasteiger partial charge in [0.1, 0.15) is 79.9 Å². The van der Waals surface area contributed by atoms with E-state index in [9.17, 15) is 60.7 Å². The van der Waals surface area contributed by atoms with Crippen LogP contribution in [-0.2, 0) is 47.5 Å². The van der Waals surface area contributed by atoms with Crippen molar-refractivity contribution in [1.29, 1.82) is 0 Å². The number of carbonyl (C=O) groups is 2. The molecule has 20 nitrogen and oxygen atoms in total. The van der Waals surface area contributed by atoms with Crippen molar-refractivity contribution in [2.75, 3.05) is 19.8 Å². The molecule has 422 valence electrons. The minimum Gasteiger partial charge on any atom is -0.465 e. The van der Waals surface area contributed by atoms with Gasteiger partial charge in [-0.05, 0) is 105 Å². The fraction of sp³-hybridized carbons (Fsp3) is 0.889. The van der Waals surface area contributed by atoms with Crippen LogP contribution >= 0.6 is 0 Å². The average molecular weight is 1060 g/mol. The molecule has 4 saturated carbocycles. The Kier molecular flexibility index (Phi) is 16.3. The van der Waals surface area contributed by atoms with Gasteiger partial charge in [0.05, 0.1) is 36.9 Å². The van der Waals surface area contributed by atoms with Crippen LogP contribution in [-0.4, -0.2) is 193 Å². The predicted molar refractivity (Wildman–Crippen MR) is 260 cm³/mol. The average Bonchev–Trinajstić information content (AvgIpc) is 3.33. The summed E-state index contributed by atoms with van der Waals surface area (Å²) in [7, 11) is 0. The van der Waals surface area contributed by atoms with Crippen molar-refractivity contribution in [1.82, 2.24) is 0 Å². The molecule has 3 saturated heterocycles. The van der Waals surface area contributed by atoms with Gasteiger partial charge in [0.15, 0.2) is 18.9 Å². The van der Waals surface area contributed by atoms with Crippen molar-refractivity contribution in [2.24, 2.45) is 50.2 Å². The van der Waals surface area contributed by atoms with Gasteiger partial charge in [0.25, 0.3) is 0 Å². The van der Waals surface area contributed by atoms with Gasteiger partial charge in [0.2, 0.25) is 0 Å². The van der Waals surface area contributed by atoms with Crippen LogP contribution in [0.1, 0.15) is 121 Å². The molecule has 25 unspecified atom stereocenters. The highest BCUT2D eigenvalue weighted by Gasteiger charge is 2.73. The molecule has 8 rings (SSSR count). The van der Waals surface area contributed by atoms with E-state index in [1.54, 1.807) is 19.9 Å². The van der Waals surface area contributed by atoms with Gasteiger partial charge >= 0.3 is 11.9 Å². The van der Waals surface area contributed by atoms with E-state index in [-0.39, 0.29) is 35.7 Å². The molecule has 0 aromatic carbocycles. The van der Waals surface area contributed by atoms with Gasteiger partial charge in [-0.3, -0.25) is 4.79 Å². The van der Waals surface area contributed by atoms with Gasteiger partial charge < -0.3 is 89.0 Å². The zero-order chi connectivity index (χ0) is 54.6. The van der Waals surface area contributed by atoms with Gasteiger partial charge in [-0.1, -0.05) is 66.2 Å². The van der Waals surface area contributed by atoms with E-state index in [1.807, 2.05) is 13.8 Å². The fourth-order valence-electron chi connectivity index (χ4n) is 15.8. The molecule has 0 spiro atoms. The third kappa shape index (κ3) is 9.26. The fourth-order valence-corrected chi connectivity index (χ4v) is 15.8. The summed E-state index contributed by atoms with van der Waals surface area (Å²) in [5.41, 5.74) is -2.42. The highest BCUT2D eigenvalue weighted by Crippen LogP contribution is 2.76. The lowest BCUT2D eigenvalue weighted by Gasteiger charge is -2.72. The van der Waals surface area contributed by atoms with E-state index >= 15 is 0 Å². The van der Waals surface area contributed by atoms with Gasteiger partial charge in [0, 0.05) is 17.9 Å². The Labute approximate surface area is 434 Å². The molecule has 10 N–H and O–H groups in total. The summed E-state index contributed by atoms with van der Waals surface area (Å²) < 4.78 is 49.1. The third-order valence-corrected chi connectivity index (χ3v) is 20.5. The largest absolute Gasteiger partial charge is 0.465 e. The Hall–Kier alpha value is -2.22. The van der Waals surface area contributed by atoms with Crippen LogP contribution in [0.2, 0.25) is 0 Å². The van der Waals surface area contributed by atoms with Crippen LogP contribution in [0.15, 0.2) is 23.3 Å². The van der Waals surface area contributed by atoms with Crippen molar-refractivity contribution in [3.8, 4) is 0 Å². The lowest BCUT2D eigenvalue weighted by molar-refractivity contribution is -0.394. The summed E-state index contributed by atoms with van der Waals surface area (Å²) in [4.78, 5) is 25.8. The van der Waals surface area contributed by atoms with Crippen LogP contribution in [0, 0.1) is 50.2 Å². The van der Waals surface area contributed by atoms with Crippen LogP contribution < -0.4 is 0 Å². The van der Waals surface area contributed by atoms with E-state index in [4.69, 9.17) is 37.9 Å². The zero-order valence-corrected chi connectivity index (χ0v) is 44.9. The van der Waals surface area contributed by atoms with Crippen LogP contribution in [0.4, 0.5) is 0 Å². The number of aliphatic hydroxyl groups excluding tert-OH is 10. The van der Waals surface area contributed by atoms with Gasteiger partial charge in [-0.15, -0.1) is 0 Å². The first-order chi connectivity index (χ1) is 34.5. The van der Waals surface area contributed by atoms with E-state index in [1.165, 1.54) is 13.8 Å². The van der Waals surface area contributed by atoms with Crippen molar-refractivity contribution in [2.45, 2.75) is 232 Å². The topological polar surface area (TPSA) is 310 Å². The number of rotatable bonds is 11. The molecule has 3 heterocycles. The lowest BCUT2D eigenvalue weighted by atomic mass is 9.33. The second-order valence-electron chi connectivity index (χ2n) is 25.2. The standard InChI is InChI=1S/C54H86O20/c1-12-24(2)45(66)74-44-43(65)54(23-68-26(4)56)28(19-49(44,5)6)27-13-14-32-51(9)17-16-34(50(7,8)31(51)15-18-52(32,10)53(27,11)20-33(54)58)71-48-42(73-46-39(63)36(60)29(57)22-67-46)41(37(61)30(21-55)70-48)72-47-40(64)38(62)35(59)25(3)69-47/h12-13,25,28-44,46-48,55,57-65H,14-23H2,1-11H3. The number of ether oxygens (including phenoxy) is 8. The SMILES string of the molecule is CC=C(C)C(=O)OC1C(O)C2(COC(C)=O)C(O)CC3(C)C(=CCC4C5(C)CCC(OC6OC(CO)C(O)C(OC7OC(C)C(O)C(O)C7O)C6OC6OCC(O)C(O)C6O)C(C)(C)C5CCC43C)C2CC1(C)C. The molecule has 7 fully saturated rings. The van der Waals surface area contributed by atoms with Crippen LogP contribution in [0.25, 0.3) is 0 Å². The van der Waals surface area contributed by atoms with Gasteiger partial charge in [-0.25, -0.2) is 4.79 Å². The molecule has 0 bridgehead atoms. The maximum absolute atomic E-state index is 13.3. The normalized spacial score (nSPS) is 51.0. The molecule has 3 aliphatic heterocycles. The monoisotopic (exact) mass is 1050 g/mol. The minimum atomic E-state index is -1.80.